The van der Waals surface area contributed by atoms with E-state index in [1.165, 1.54) is 48.4 Å². The number of sulfonamides is 1. The predicted octanol–water partition coefficient (Wildman–Crippen LogP) is 3.35. The van der Waals surface area contributed by atoms with Gasteiger partial charge in [-0.15, -0.1) is 0 Å². The summed E-state index contributed by atoms with van der Waals surface area (Å²) in [5.74, 6) is -0.485. The van der Waals surface area contributed by atoms with E-state index in [0.717, 1.165) is 4.31 Å². The number of hydrogen-bond donors (Lipinski definition) is 1. The van der Waals surface area contributed by atoms with Gasteiger partial charge in [-0.25, -0.2) is 8.42 Å². The maximum absolute atomic E-state index is 13.8. The molecule has 2 amide bonds. The summed E-state index contributed by atoms with van der Waals surface area (Å²) in [6.07, 6.45) is 0. The second-order valence-electron chi connectivity index (χ2n) is 8.54. The molecule has 0 bridgehead atoms. The molecule has 1 N–H and O–H groups in total. The van der Waals surface area contributed by atoms with Crippen LogP contribution in [0.4, 0.5) is 11.4 Å². The van der Waals surface area contributed by atoms with Crippen molar-refractivity contribution in [2.24, 2.45) is 0 Å². The van der Waals surface area contributed by atoms with Gasteiger partial charge in [0.05, 0.1) is 22.6 Å². The number of nitrogens with one attached hydrogen (secondary N) is 1. The lowest BCUT2D eigenvalue weighted by atomic mass is 10.1. The topological polar surface area (TPSA) is 139 Å². The summed E-state index contributed by atoms with van der Waals surface area (Å²) < 4.78 is 33.5. The molecule has 0 aliphatic rings. The smallest absolute Gasteiger partial charge is 0.269 e. The molecule has 0 saturated carbocycles. The van der Waals surface area contributed by atoms with Crippen molar-refractivity contribution >= 4 is 33.2 Å². The van der Waals surface area contributed by atoms with Crippen LogP contribution in [0.2, 0.25) is 0 Å². The predicted molar refractivity (Wildman–Crippen MR) is 146 cm³/mol. The Hall–Kier alpha value is -4.45. The molecule has 0 saturated heterocycles. The summed E-state index contributed by atoms with van der Waals surface area (Å²) in [7, 11) is -2.75. The third-order valence-corrected chi connectivity index (χ3v) is 7.75. The van der Waals surface area contributed by atoms with E-state index in [9.17, 15) is 28.1 Å². The van der Waals surface area contributed by atoms with Gasteiger partial charge in [-0.1, -0.05) is 30.3 Å². The van der Waals surface area contributed by atoms with Gasteiger partial charge in [-0.05, 0) is 55.8 Å². The lowest BCUT2D eigenvalue weighted by molar-refractivity contribution is -0.384. The van der Waals surface area contributed by atoms with Crippen LogP contribution in [-0.4, -0.2) is 56.3 Å². The van der Waals surface area contributed by atoms with E-state index in [0.29, 0.717) is 17.9 Å². The minimum Gasteiger partial charge on any atom is -0.497 e. The molecule has 0 aliphatic carbocycles. The summed E-state index contributed by atoms with van der Waals surface area (Å²) in [6, 6.07) is 18.5. The Bertz CT molecular complexity index is 1410. The maximum atomic E-state index is 13.8. The van der Waals surface area contributed by atoms with Crippen molar-refractivity contribution < 1.29 is 27.7 Å². The summed E-state index contributed by atoms with van der Waals surface area (Å²) in [6.45, 7) is 3.02. The summed E-state index contributed by atoms with van der Waals surface area (Å²) in [4.78, 5) is 38.3. The molecule has 3 rings (SSSR count). The molecule has 12 heteroatoms. The molecular weight excluding hydrogens is 524 g/mol. The molecular formula is C27H30N4O7S. The number of anilines is 1. The number of carbonyl (C=O) groups excluding carboxylic acids is 2. The Balaban J connectivity index is 2.04. The van der Waals surface area contributed by atoms with Crippen LogP contribution in [-0.2, 0) is 26.2 Å². The third-order valence-electron chi connectivity index (χ3n) is 5.96. The van der Waals surface area contributed by atoms with Crippen molar-refractivity contribution in [2.45, 2.75) is 31.3 Å². The van der Waals surface area contributed by atoms with Crippen molar-refractivity contribution in [1.29, 1.82) is 0 Å². The number of carbonyl (C=O) groups is 2. The Morgan fingerprint density at radius 3 is 2.28 bits per heavy atom. The summed E-state index contributed by atoms with van der Waals surface area (Å²) in [5, 5.41) is 13.8. The normalized spacial score (nSPS) is 11.8. The van der Waals surface area contributed by atoms with Gasteiger partial charge in [0.15, 0.2) is 0 Å². The zero-order valence-corrected chi connectivity index (χ0v) is 22.6. The molecule has 0 unspecified atom stereocenters. The molecule has 0 fully saturated rings. The highest BCUT2D eigenvalue weighted by atomic mass is 32.2. The fraction of sp³-hybridized carbons (Fsp3) is 0.259. The van der Waals surface area contributed by atoms with Crippen LogP contribution in [0.15, 0.2) is 83.8 Å². The van der Waals surface area contributed by atoms with Crippen molar-refractivity contribution in [2.75, 3.05) is 24.5 Å². The van der Waals surface area contributed by atoms with Crippen LogP contribution in [0.5, 0.6) is 5.75 Å². The van der Waals surface area contributed by atoms with Crippen LogP contribution in [0, 0.1) is 10.1 Å². The monoisotopic (exact) mass is 554 g/mol. The number of nitro groups is 1. The van der Waals surface area contributed by atoms with Gasteiger partial charge in [0.2, 0.25) is 11.8 Å². The molecule has 206 valence electrons. The molecule has 3 aromatic rings. The van der Waals surface area contributed by atoms with Gasteiger partial charge in [0.1, 0.15) is 18.3 Å². The standard InChI is InChI=1S/C27H30N4O7S/c1-4-28-27(33)20(2)29(18-21-9-8-10-24(17-21)38-3)26(32)19-30(22-13-15-23(16-14-22)31(34)35)39(36,37)25-11-6-5-7-12-25/h5-17,20H,4,18-19H2,1-3H3,(H,28,33)/t20-/m1/s1. The van der Waals surface area contributed by atoms with E-state index >= 15 is 0 Å². The average molecular weight is 555 g/mol. The first-order valence-electron chi connectivity index (χ1n) is 12.1. The first-order valence-corrected chi connectivity index (χ1v) is 13.5. The molecule has 0 spiro atoms. The van der Waals surface area contributed by atoms with E-state index in [1.54, 1.807) is 56.3 Å². The SMILES string of the molecule is CCNC(=O)[C@@H](C)N(Cc1cccc(OC)c1)C(=O)CN(c1ccc([N+](=O)[O-])cc1)S(=O)(=O)c1ccccc1. The number of nitro benzene ring substituents is 1. The van der Waals surface area contributed by atoms with Gasteiger partial charge < -0.3 is 15.0 Å². The van der Waals surface area contributed by atoms with E-state index in [4.69, 9.17) is 4.74 Å². The van der Waals surface area contributed by atoms with Gasteiger partial charge in [0.25, 0.3) is 15.7 Å². The fourth-order valence-electron chi connectivity index (χ4n) is 3.86. The molecule has 3 aromatic carbocycles. The number of amides is 2. The zero-order chi connectivity index (χ0) is 28.6. The molecule has 0 heterocycles. The van der Waals surface area contributed by atoms with Crippen LogP contribution in [0.25, 0.3) is 0 Å². The number of rotatable bonds is 12. The quantitative estimate of drug-likeness (QED) is 0.268. The Labute approximate surface area is 227 Å². The highest BCUT2D eigenvalue weighted by Crippen LogP contribution is 2.26. The second-order valence-corrected chi connectivity index (χ2v) is 10.4. The maximum Gasteiger partial charge on any atom is 0.269 e. The van der Waals surface area contributed by atoms with E-state index in [1.807, 2.05) is 0 Å². The highest BCUT2D eigenvalue weighted by Gasteiger charge is 2.32. The lowest BCUT2D eigenvalue weighted by Crippen LogP contribution is -2.51. The Morgan fingerprint density at radius 1 is 1.03 bits per heavy atom. The molecule has 0 radical (unpaired) electrons. The lowest BCUT2D eigenvalue weighted by Gasteiger charge is -2.32. The summed E-state index contributed by atoms with van der Waals surface area (Å²) >= 11 is 0. The van der Waals surface area contributed by atoms with Crippen LogP contribution in [0.1, 0.15) is 19.4 Å². The number of likely N-dealkylation sites (N-methyl/N-ethyl adjacent to an activating group) is 1. The Kier molecular flexibility index (Phi) is 9.61. The van der Waals surface area contributed by atoms with Crippen LogP contribution < -0.4 is 14.4 Å². The molecule has 39 heavy (non-hydrogen) atoms. The first kappa shape index (κ1) is 29.1. The number of methoxy groups -OCH3 is 1. The van der Waals surface area contributed by atoms with Crippen molar-refractivity contribution in [3.8, 4) is 5.75 Å². The largest absolute Gasteiger partial charge is 0.497 e. The molecule has 1 atom stereocenters. The van der Waals surface area contributed by atoms with Crippen molar-refractivity contribution in [1.82, 2.24) is 10.2 Å². The number of hydrogen-bond acceptors (Lipinski definition) is 7. The van der Waals surface area contributed by atoms with Gasteiger partial charge >= 0.3 is 0 Å². The molecule has 11 nitrogen and oxygen atoms in total. The van der Waals surface area contributed by atoms with Crippen LogP contribution >= 0.6 is 0 Å². The first-order chi connectivity index (χ1) is 18.6. The number of non-ortho nitro benzene ring substituents is 1. The van der Waals surface area contributed by atoms with E-state index in [2.05, 4.69) is 5.32 Å². The van der Waals surface area contributed by atoms with Gasteiger partial charge in [-0.2, -0.15) is 0 Å². The van der Waals surface area contributed by atoms with E-state index in [-0.39, 0.29) is 22.8 Å². The fourth-order valence-corrected chi connectivity index (χ4v) is 5.30. The van der Waals surface area contributed by atoms with Crippen molar-refractivity contribution in [3.05, 3.63) is 94.5 Å². The average Bonchev–Trinajstić information content (AvgIpc) is 2.94. The highest BCUT2D eigenvalue weighted by molar-refractivity contribution is 7.92. The van der Waals surface area contributed by atoms with Gasteiger partial charge in [-0.3, -0.25) is 24.0 Å². The number of nitrogens with zero attached hydrogens (tertiary/aromatic N) is 3. The molecule has 0 aromatic heterocycles. The van der Waals surface area contributed by atoms with E-state index < -0.39 is 39.3 Å². The number of benzene rings is 3. The minimum absolute atomic E-state index is 0.00776. The number of ether oxygens (including phenoxy) is 1. The zero-order valence-electron chi connectivity index (χ0n) is 21.8. The van der Waals surface area contributed by atoms with Crippen molar-refractivity contribution in [3.63, 3.8) is 0 Å². The minimum atomic E-state index is -4.26. The van der Waals surface area contributed by atoms with Crippen LogP contribution in [0.3, 0.4) is 0 Å². The second kappa shape index (κ2) is 12.9. The molecule has 0 aliphatic heterocycles. The Morgan fingerprint density at radius 2 is 1.69 bits per heavy atom. The third kappa shape index (κ3) is 7.11. The summed E-state index contributed by atoms with van der Waals surface area (Å²) in [5.41, 5.74) is 0.503. The van der Waals surface area contributed by atoms with Gasteiger partial charge in [0, 0.05) is 25.2 Å².